The van der Waals surface area contributed by atoms with Gasteiger partial charge < -0.3 is 14.2 Å². The van der Waals surface area contributed by atoms with Gasteiger partial charge in [0.1, 0.15) is 11.6 Å². The lowest BCUT2D eigenvalue weighted by Gasteiger charge is -2.10. The van der Waals surface area contributed by atoms with Gasteiger partial charge in [-0.1, -0.05) is 11.6 Å². The summed E-state index contributed by atoms with van der Waals surface area (Å²) < 4.78 is 28.3. The zero-order valence-corrected chi connectivity index (χ0v) is 12.8. The zero-order chi connectivity index (χ0) is 16.8. The van der Waals surface area contributed by atoms with Crippen LogP contribution in [0.5, 0.6) is 17.2 Å². The molecule has 2 aromatic rings. The van der Waals surface area contributed by atoms with Crippen LogP contribution in [0.1, 0.15) is 5.56 Å². The molecule has 0 radical (unpaired) electrons. The number of ether oxygens (including phenoxy) is 3. The number of halogens is 2. The van der Waals surface area contributed by atoms with Crippen molar-refractivity contribution in [3.05, 3.63) is 52.8 Å². The first-order valence-corrected chi connectivity index (χ1v) is 6.78. The van der Waals surface area contributed by atoms with E-state index in [1.807, 2.05) is 6.07 Å². The molecular weight excluding hydrogens is 325 g/mol. The van der Waals surface area contributed by atoms with Gasteiger partial charge in [-0.2, -0.15) is 5.26 Å². The first-order chi connectivity index (χ1) is 11.0. The molecule has 118 valence electrons. The van der Waals surface area contributed by atoms with E-state index in [9.17, 15) is 9.18 Å². The van der Waals surface area contributed by atoms with E-state index in [0.29, 0.717) is 5.56 Å². The predicted octanol–water partition coefficient (Wildman–Crippen LogP) is 3.34. The largest absolute Gasteiger partial charge is 0.493 e. The molecule has 23 heavy (non-hydrogen) atoms. The van der Waals surface area contributed by atoms with Crippen LogP contribution >= 0.6 is 11.6 Å². The van der Waals surface area contributed by atoms with Crippen molar-refractivity contribution < 1.29 is 23.4 Å². The van der Waals surface area contributed by atoms with Crippen molar-refractivity contribution in [2.75, 3.05) is 13.7 Å². The molecule has 0 saturated heterocycles. The van der Waals surface area contributed by atoms with E-state index in [2.05, 4.69) is 0 Å². The molecule has 0 aromatic heterocycles. The summed E-state index contributed by atoms with van der Waals surface area (Å²) in [6.45, 7) is -0.398. The number of rotatable bonds is 5. The number of benzene rings is 2. The number of esters is 1. The maximum atomic E-state index is 13.0. The minimum absolute atomic E-state index is 0.107. The fraction of sp³-hybridized carbons (Fsp3) is 0.125. The van der Waals surface area contributed by atoms with Gasteiger partial charge in [-0.05, 0) is 24.3 Å². The first kappa shape index (κ1) is 16.6. The minimum atomic E-state index is -0.687. The molecule has 0 heterocycles. The highest BCUT2D eigenvalue weighted by atomic mass is 35.5. The number of carbonyl (C=O) groups excluding carboxylic acids is 1. The van der Waals surface area contributed by atoms with Crippen LogP contribution in [0.15, 0.2) is 36.4 Å². The third-order valence-corrected chi connectivity index (χ3v) is 3.05. The second-order valence-corrected chi connectivity index (χ2v) is 4.72. The molecule has 0 aliphatic carbocycles. The van der Waals surface area contributed by atoms with Crippen molar-refractivity contribution in [3.63, 3.8) is 0 Å². The molecule has 0 bridgehead atoms. The summed E-state index contributed by atoms with van der Waals surface area (Å²) in [6.07, 6.45) is 0. The quantitative estimate of drug-likeness (QED) is 0.619. The summed E-state index contributed by atoms with van der Waals surface area (Å²) in [5, 5.41) is 8.70. The van der Waals surface area contributed by atoms with Gasteiger partial charge in [0.15, 0.2) is 18.1 Å². The van der Waals surface area contributed by atoms with E-state index in [4.69, 9.17) is 31.1 Å². The van der Waals surface area contributed by atoms with Crippen LogP contribution in [0.2, 0.25) is 5.02 Å². The van der Waals surface area contributed by atoms with Gasteiger partial charge in [-0.25, -0.2) is 9.18 Å². The summed E-state index contributed by atoms with van der Waals surface area (Å²) in [5.41, 5.74) is 0.374. The summed E-state index contributed by atoms with van der Waals surface area (Å²) in [7, 11) is 1.39. The number of hydrogen-bond donors (Lipinski definition) is 0. The second kappa shape index (κ2) is 7.47. The highest BCUT2D eigenvalue weighted by Crippen LogP contribution is 2.28. The van der Waals surface area contributed by atoms with Gasteiger partial charge in [-0.3, -0.25) is 0 Å². The molecule has 0 spiro atoms. The molecule has 2 rings (SSSR count). The average molecular weight is 336 g/mol. The summed E-state index contributed by atoms with van der Waals surface area (Å²) in [5.74, 6) is -0.614. The lowest BCUT2D eigenvalue weighted by atomic mass is 10.2. The second-order valence-electron chi connectivity index (χ2n) is 4.32. The molecule has 7 heteroatoms. The van der Waals surface area contributed by atoms with Gasteiger partial charge in [0, 0.05) is 12.1 Å². The summed E-state index contributed by atoms with van der Waals surface area (Å²) in [4.78, 5) is 11.8. The van der Waals surface area contributed by atoms with Crippen molar-refractivity contribution in [2.24, 2.45) is 0 Å². The fourth-order valence-corrected chi connectivity index (χ4v) is 1.85. The van der Waals surface area contributed by atoms with Gasteiger partial charge in [0.2, 0.25) is 0 Å². The van der Waals surface area contributed by atoms with Crippen LogP contribution < -0.4 is 14.2 Å². The molecule has 0 amide bonds. The van der Waals surface area contributed by atoms with Gasteiger partial charge in [-0.15, -0.1) is 0 Å². The monoisotopic (exact) mass is 335 g/mol. The molecule has 0 aliphatic rings. The maximum Gasteiger partial charge on any atom is 0.349 e. The van der Waals surface area contributed by atoms with Crippen LogP contribution in [0.25, 0.3) is 0 Å². The number of nitrogens with zero attached hydrogens (tertiary/aromatic N) is 1. The Hall–Kier alpha value is -2.78. The van der Waals surface area contributed by atoms with E-state index in [0.717, 1.165) is 6.07 Å². The van der Waals surface area contributed by atoms with E-state index in [1.54, 1.807) is 0 Å². The molecule has 0 unspecified atom stereocenters. The predicted molar refractivity (Wildman–Crippen MR) is 80.2 cm³/mol. The Morgan fingerprint density at radius 1 is 1.26 bits per heavy atom. The van der Waals surface area contributed by atoms with Crippen LogP contribution in [0.3, 0.4) is 0 Å². The standard InChI is InChI=1S/C16H11ClFNO4/c1-21-15-6-10(8-19)2-5-14(15)23-16(20)9-22-11-3-4-13(18)12(17)7-11/h2-7H,9H2,1H3. The number of methoxy groups -OCH3 is 1. The SMILES string of the molecule is COc1cc(C#N)ccc1OC(=O)COc1ccc(F)c(Cl)c1. The van der Waals surface area contributed by atoms with Gasteiger partial charge in [0.25, 0.3) is 0 Å². The van der Waals surface area contributed by atoms with Crippen LogP contribution in [-0.4, -0.2) is 19.7 Å². The Morgan fingerprint density at radius 2 is 2.04 bits per heavy atom. The van der Waals surface area contributed by atoms with E-state index >= 15 is 0 Å². The molecular formula is C16H11ClFNO4. The molecule has 0 fully saturated rings. The van der Waals surface area contributed by atoms with Crippen LogP contribution in [0.4, 0.5) is 4.39 Å². The summed E-state index contributed by atoms with van der Waals surface area (Å²) >= 11 is 5.61. The maximum absolute atomic E-state index is 13.0. The van der Waals surface area contributed by atoms with Crippen molar-refractivity contribution in [3.8, 4) is 23.3 Å². The first-order valence-electron chi connectivity index (χ1n) is 6.40. The van der Waals surface area contributed by atoms with Crippen LogP contribution in [0, 0.1) is 17.1 Å². The van der Waals surface area contributed by atoms with E-state index < -0.39 is 18.4 Å². The zero-order valence-electron chi connectivity index (χ0n) is 12.0. The van der Waals surface area contributed by atoms with Crippen LogP contribution in [-0.2, 0) is 4.79 Å². The van der Waals surface area contributed by atoms with Crippen molar-refractivity contribution >= 4 is 17.6 Å². The third-order valence-electron chi connectivity index (χ3n) is 2.76. The Balaban J connectivity index is 1.99. The molecule has 0 atom stereocenters. The fourth-order valence-electron chi connectivity index (χ4n) is 1.68. The highest BCUT2D eigenvalue weighted by Gasteiger charge is 2.12. The van der Waals surface area contributed by atoms with E-state index in [-0.39, 0.29) is 22.3 Å². The van der Waals surface area contributed by atoms with Crippen molar-refractivity contribution in [1.29, 1.82) is 5.26 Å². The number of nitriles is 1. The Kier molecular flexibility index (Phi) is 5.39. The minimum Gasteiger partial charge on any atom is -0.493 e. The molecule has 0 aliphatic heterocycles. The molecule has 2 aromatic carbocycles. The normalized spacial score (nSPS) is 9.83. The Bertz CT molecular complexity index is 773. The Labute approximate surface area is 136 Å². The smallest absolute Gasteiger partial charge is 0.349 e. The van der Waals surface area contributed by atoms with Crippen molar-refractivity contribution in [1.82, 2.24) is 0 Å². The molecule has 5 nitrogen and oxygen atoms in total. The summed E-state index contributed by atoms with van der Waals surface area (Å²) in [6, 6.07) is 10.1. The lowest BCUT2D eigenvalue weighted by Crippen LogP contribution is -2.18. The Morgan fingerprint density at radius 3 is 2.70 bits per heavy atom. The molecule has 0 saturated carbocycles. The topological polar surface area (TPSA) is 68.5 Å². The average Bonchev–Trinajstić information content (AvgIpc) is 2.56. The number of carbonyl (C=O) groups is 1. The van der Waals surface area contributed by atoms with E-state index in [1.165, 1.54) is 37.4 Å². The van der Waals surface area contributed by atoms with Gasteiger partial charge in [0.05, 0.1) is 23.8 Å². The molecule has 0 N–H and O–H groups in total. The number of hydrogen-bond acceptors (Lipinski definition) is 5. The third kappa shape index (κ3) is 4.34. The van der Waals surface area contributed by atoms with Gasteiger partial charge >= 0.3 is 5.97 Å². The highest BCUT2D eigenvalue weighted by molar-refractivity contribution is 6.30. The van der Waals surface area contributed by atoms with Crippen molar-refractivity contribution in [2.45, 2.75) is 0 Å². The lowest BCUT2D eigenvalue weighted by molar-refractivity contribution is -0.136.